The number of ether oxygens (including phenoxy) is 1. The third-order valence-electron chi connectivity index (χ3n) is 6.49. The van der Waals surface area contributed by atoms with Crippen LogP contribution >= 0.6 is 0 Å². The number of nitrogens with one attached hydrogen (secondary N) is 3. The summed E-state index contributed by atoms with van der Waals surface area (Å²) in [6.45, 7) is 3.66. The number of esters is 1. The average Bonchev–Trinajstić information content (AvgIpc) is 2.84. The Morgan fingerprint density at radius 1 is 1.12 bits per heavy atom. The van der Waals surface area contributed by atoms with Crippen LogP contribution in [0.1, 0.15) is 30.4 Å². The second-order valence-corrected chi connectivity index (χ2v) is 8.88. The minimum absolute atomic E-state index is 0. The van der Waals surface area contributed by atoms with Crippen molar-refractivity contribution in [1.29, 1.82) is 5.41 Å². The van der Waals surface area contributed by atoms with Gasteiger partial charge in [0.15, 0.2) is 6.54 Å². The number of anilines is 1. The van der Waals surface area contributed by atoms with Gasteiger partial charge in [-0.05, 0) is 48.4 Å². The lowest BCUT2D eigenvalue weighted by atomic mass is 9.88. The highest BCUT2D eigenvalue weighted by atomic mass is 79.9. The third kappa shape index (κ3) is 8.57. The number of likely N-dealkylation sites (tertiary alicyclic amines) is 1. The summed E-state index contributed by atoms with van der Waals surface area (Å²) in [6, 6.07) is 17.5. The second-order valence-electron chi connectivity index (χ2n) is 8.88. The molecule has 2 aromatic carbocycles. The standard InChI is InChI=1S/C26H34N4O3.BrH/c1-33-25(31)20-30(15-11-22(12-16-30)17-21-7-3-2-4-8-21)14-6-13-28-26(32)29-24-10-5-9-23(18-24)19-27;/h2-5,7-10,18-19,22,27H,6,11-17,20H2,1H3,(H-,28,29,32);1H. The van der Waals surface area contributed by atoms with Gasteiger partial charge < -0.3 is 42.2 Å². The molecule has 2 amide bonds. The zero-order valence-corrected chi connectivity index (χ0v) is 21.4. The Hall–Kier alpha value is -2.71. The van der Waals surface area contributed by atoms with E-state index in [1.165, 1.54) is 18.9 Å². The van der Waals surface area contributed by atoms with Crippen LogP contribution in [0.3, 0.4) is 0 Å². The van der Waals surface area contributed by atoms with E-state index in [4.69, 9.17) is 10.1 Å². The molecule has 0 saturated carbocycles. The zero-order valence-electron chi connectivity index (χ0n) is 19.8. The quantitative estimate of drug-likeness (QED) is 0.184. The van der Waals surface area contributed by atoms with Gasteiger partial charge in [0, 0.05) is 24.9 Å². The maximum Gasteiger partial charge on any atom is 0.361 e. The van der Waals surface area contributed by atoms with E-state index in [2.05, 4.69) is 34.9 Å². The van der Waals surface area contributed by atoms with E-state index in [1.54, 1.807) is 18.2 Å². The molecular weight excluding hydrogens is 496 g/mol. The van der Waals surface area contributed by atoms with E-state index in [1.807, 2.05) is 12.1 Å². The molecule has 184 valence electrons. The highest BCUT2D eigenvalue weighted by molar-refractivity contribution is 5.90. The van der Waals surface area contributed by atoms with Crippen LogP contribution in [0.15, 0.2) is 54.6 Å². The van der Waals surface area contributed by atoms with Gasteiger partial charge in [-0.2, -0.15) is 0 Å². The highest BCUT2D eigenvalue weighted by Crippen LogP contribution is 2.27. The van der Waals surface area contributed by atoms with Gasteiger partial charge in [-0.25, -0.2) is 9.59 Å². The summed E-state index contributed by atoms with van der Waals surface area (Å²) in [5.74, 6) is 0.463. The molecule has 1 fully saturated rings. The molecule has 3 N–H and O–H groups in total. The van der Waals surface area contributed by atoms with Gasteiger partial charge >= 0.3 is 12.0 Å². The van der Waals surface area contributed by atoms with Crippen LogP contribution in [-0.2, 0) is 16.0 Å². The van der Waals surface area contributed by atoms with Crippen molar-refractivity contribution in [2.75, 3.05) is 45.2 Å². The maximum absolute atomic E-state index is 12.2. The number of benzene rings is 2. The number of carbonyl (C=O) groups excluding carboxylic acids is 2. The van der Waals surface area contributed by atoms with Crippen LogP contribution in [-0.4, -0.2) is 62.5 Å². The number of piperidine rings is 1. The van der Waals surface area contributed by atoms with E-state index in [9.17, 15) is 9.59 Å². The predicted octanol–water partition coefficient (Wildman–Crippen LogP) is 0.842. The fourth-order valence-electron chi connectivity index (χ4n) is 4.62. The number of methoxy groups -OCH3 is 1. The summed E-state index contributed by atoms with van der Waals surface area (Å²) in [7, 11) is 1.44. The van der Waals surface area contributed by atoms with Gasteiger partial charge in [0.05, 0.1) is 26.7 Å². The number of amides is 2. The number of halogens is 1. The van der Waals surface area contributed by atoms with Crippen molar-refractivity contribution >= 4 is 23.9 Å². The van der Waals surface area contributed by atoms with Gasteiger partial charge in [0.25, 0.3) is 0 Å². The van der Waals surface area contributed by atoms with Crippen molar-refractivity contribution in [3.05, 3.63) is 65.7 Å². The molecule has 0 aliphatic carbocycles. The molecule has 0 atom stereocenters. The molecule has 3 rings (SSSR count). The third-order valence-corrected chi connectivity index (χ3v) is 6.49. The molecule has 0 bridgehead atoms. The largest absolute Gasteiger partial charge is 1.00 e. The second kappa shape index (κ2) is 13.9. The number of hydrogen-bond acceptors (Lipinski definition) is 4. The van der Waals surface area contributed by atoms with Crippen molar-refractivity contribution in [2.24, 2.45) is 5.92 Å². The average molecular weight is 531 g/mol. The van der Waals surface area contributed by atoms with Gasteiger partial charge in [0.1, 0.15) is 0 Å². The van der Waals surface area contributed by atoms with E-state index in [0.717, 1.165) is 55.4 Å². The fraction of sp³-hybridized carbons (Fsp3) is 0.423. The molecule has 8 heteroatoms. The number of hydrogen-bond donors (Lipinski definition) is 3. The first-order valence-corrected chi connectivity index (χ1v) is 11.6. The van der Waals surface area contributed by atoms with Crippen molar-refractivity contribution in [3.63, 3.8) is 0 Å². The summed E-state index contributed by atoms with van der Waals surface area (Å²) < 4.78 is 5.70. The number of rotatable bonds is 10. The molecule has 0 aromatic heterocycles. The Balaban J connectivity index is 0.00000408. The molecule has 1 saturated heterocycles. The molecular formula is C26H35BrN4O3. The number of carbonyl (C=O) groups is 2. The molecule has 34 heavy (non-hydrogen) atoms. The van der Waals surface area contributed by atoms with E-state index < -0.39 is 0 Å². The Bertz CT molecular complexity index is 931. The predicted molar refractivity (Wildman–Crippen MR) is 131 cm³/mol. The van der Waals surface area contributed by atoms with Gasteiger partial charge in [-0.1, -0.05) is 42.5 Å². The Morgan fingerprint density at radius 2 is 1.85 bits per heavy atom. The first-order chi connectivity index (χ1) is 16.0. The molecule has 7 nitrogen and oxygen atoms in total. The lowest BCUT2D eigenvalue weighted by molar-refractivity contribution is -0.927. The summed E-state index contributed by atoms with van der Waals surface area (Å²) in [5.41, 5.74) is 2.76. The van der Waals surface area contributed by atoms with Crippen molar-refractivity contribution < 1.29 is 35.8 Å². The van der Waals surface area contributed by atoms with E-state index >= 15 is 0 Å². The van der Waals surface area contributed by atoms with Crippen molar-refractivity contribution in [1.82, 2.24) is 5.32 Å². The van der Waals surface area contributed by atoms with Gasteiger partial charge in [0.2, 0.25) is 0 Å². The topological polar surface area (TPSA) is 91.3 Å². The number of nitrogens with zero attached hydrogens (tertiary/aromatic N) is 1. The van der Waals surface area contributed by atoms with Crippen LogP contribution in [0.4, 0.5) is 10.5 Å². The lowest BCUT2D eigenvalue weighted by Gasteiger charge is -2.43. The van der Waals surface area contributed by atoms with Crippen LogP contribution in [0.5, 0.6) is 0 Å². The molecule has 0 unspecified atom stereocenters. The first-order valence-electron chi connectivity index (χ1n) is 11.6. The van der Waals surface area contributed by atoms with Crippen LogP contribution in [0, 0.1) is 11.3 Å². The van der Waals surface area contributed by atoms with E-state index in [-0.39, 0.29) is 29.0 Å². The molecule has 1 heterocycles. The van der Waals surface area contributed by atoms with Gasteiger partial charge in [-0.3, -0.25) is 0 Å². The lowest BCUT2D eigenvalue weighted by Crippen LogP contribution is -3.00. The number of quaternary nitrogens is 1. The molecule has 2 aromatic rings. The summed E-state index contributed by atoms with van der Waals surface area (Å²) in [4.78, 5) is 24.3. The van der Waals surface area contributed by atoms with Crippen molar-refractivity contribution in [3.8, 4) is 0 Å². The SMILES string of the molecule is COC(=O)C[N+]1(CCCNC(=O)Nc2cccc(C=N)c2)CCC(Cc2ccccc2)CC1.[Br-]. The zero-order chi connectivity index (χ0) is 23.5. The normalized spacial score (nSPS) is 19.4. The molecule has 1 aliphatic heterocycles. The Morgan fingerprint density at radius 3 is 2.53 bits per heavy atom. The molecule has 0 spiro atoms. The summed E-state index contributed by atoms with van der Waals surface area (Å²) in [6.07, 6.45) is 5.29. The fourth-order valence-corrected chi connectivity index (χ4v) is 4.62. The number of urea groups is 1. The van der Waals surface area contributed by atoms with E-state index in [0.29, 0.717) is 24.7 Å². The Kier molecular flexibility index (Phi) is 11.2. The van der Waals surface area contributed by atoms with Crippen LogP contribution < -0.4 is 27.6 Å². The monoisotopic (exact) mass is 530 g/mol. The Labute approximate surface area is 212 Å². The molecule has 0 radical (unpaired) electrons. The molecule has 1 aliphatic rings. The minimum Gasteiger partial charge on any atom is -1.00 e. The van der Waals surface area contributed by atoms with Crippen molar-refractivity contribution in [2.45, 2.75) is 25.7 Å². The highest BCUT2D eigenvalue weighted by Gasteiger charge is 2.35. The minimum atomic E-state index is -0.266. The van der Waals surface area contributed by atoms with Crippen LogP contribution in [0.2, 0.25) is 0 Å². The smallest absolute Gasteiger partial charge is 0.361 e. The summed E-state index contributed by atoms with van der Waals surface area (Å²) in [5, 5.41) is 13.0. The van der Waals surface area contributed by atoms with Gasteiger partial charge in [-0.15, -0.1) is 0 Å². The first kappa shape index (κ1) is 27.5. The maximum atomic E-state index is 12.2. The summed E-state index contributed by atoms with van der Waals surface area (Å²) >= 11 is 0. The van der Waals surface area contributed by atoms with Crippen LogP contribution in [0.25, 0.3) is 0 Å².